The summed E-state index contributed by atoms with van der Waals surface area (Å²) in [4.78, 5) is 28.4. The van der Waals surface area contributed by atoms with Crippen LogP contribution in [0.1, 0.15) is 33.6 Å². The third-order valence-corrected chi connectivity index (χ3v) is 5.18. The fourth-order valence-corrected chi connectivity index (χ4v) is 3.76. The second-order valence-corrected chi connectivity index (χ2v) is 9.15. The maximum absolute atomic E-state index is 12.7. The molecule has 1 atom stereocenters. The molecule has 0 saturated carbocycles. The Balaban J connectivity index is 1.93. The molecule has 1 unspecified atom stereocenters. The molecule has 3 amide bonds. The van der Waals surface area contributed by atoms with Crippen LogP contribution in [0.4, 0.5) is 24.1 Å². The van der Waals surface area contributed by atoms with Gasteiger partial charge in [-0.15, -0.1) is 0 Å². The molecule has 1 N–H and O–H groups in total. The summed E-state index contributed by atoms with van der Waals surface area (Å²) in [5, 5.41) is 2.74. The Morgan fingerprint density at radius 1 is 1.34 bits per heavy atom. The predicted octanol–water partition coefficient (Wildman–Crippen LogP) is 5.11. The number of halogens is 2. The monoisotopic (exact) mass is 429 g/mol. The van der Waals surface area contributed by atoms with Crippen LogP contribution in [0.15, 0.2) is 29.2 Å². The highest BCUT2D eigenvalue weighted by atomic mass is 32.2. The van der Waals surface area contributed by atoms with E-state index in [1.165, 1.54) is 4.90 Å². The van der Waals surface area contributed by atoms with Crippen molar-refractivity contribution in [3.05, 3.63) is 24.3 Å². The Morgan fingerprint density at radius 3 is 2.69 bits per heavy atom. The number of anilines is 1. The lowest BCUT2D eigenvalue weighted by Gasteiger charge is -2.35. The van der Waals surface area contributed by atoms with Crippen LogP contribution in [0.2, 0.25) is 0 Å². The standard InChI is InChI=1S/C20H29F2N3O3S/c1-20(2,3)28-19(27)24(4)12-14-8-7-11-25(13-14)18(26)23-15-9-5-6-10-16(15)29-17(21)22/h5-6,9-10,14,17H,7-8,11-13H2,1-4H3,(H,23,26). The third-order valence-electron chi connectivity index (χ3n) is 4.39. The van der Waals surface area contributed by atoms with Crippen molar-refractivity contribution in [3.63, 3.8) is 0 Å². The number of amides is 3. The number of hydrogen-bond acceptors (Lipinski definition) is 4. The Bertz CT molecular complexity index is 712. The van der Waals surface area contributed by atoms with E-state index in [1.54, 1.807) is 36.2 Å². The number of nitrogens with one attached hydrogen (secondary N) is 1. The van der Waals surface area contributed by atoms with Crippen LogP contribution < -0.4 is 5.32 Å². The van der Waals surface area contributed by atoms with E-state index in [2.05, 4.69) is 5.32 Å². The number of para-hydroxylation sites is 1. The lowest BCUT2D eigenvalue weighted by atomic mass is 9.98. The van der Waals surface area contributed by atoms with E-state index >= 15 is 0 Å². The van der Waals surface area contributed by atoms with Crippen molar-refractivity contribution in [2.75, 3.05) is 32.0 Å². The van der Waals surface area contributed by atoms with Gasteiger partial charge in [-0.2, -0.15) is 8.78 Å². The summed E-state index contributed by atoms with van der Waals surface area (Å²) in [6.07, 6.45) is 1.32. The van der Waals surface area contributed by atoms with Gasteiger partial charge >= 0.3 is 12.1 Å². The minimum atomic E-state index is -2.56. The molecule has 162 valence electrons. The van der Waals surface area contributed by atoms with E-state index in [1.807, 2.05) is 20.8 Å². The van der Waals surface area contributed by atoms with Gasteiger partial charge in [-0.1, -0.05) is 23.9 Å². The molecule has 2 rings (SSSR count). The highest BCUT2D eigenvalue weighted by Crippen LogP contribution is 2.32. The van der Waals surface area contributed by atoms with Crippen molar-refractivity contribution in [1.29, 1.82) is 0 Å². The van der Waals surface area contributed by atoms with E-state index in [4.69, 9.17) is 4.74 Å². The highest BCUT2D eigenvalue weighted by Gasteiger charge is 2.27. The molecule has 1 fully saturated rings. The van der Waals surface area contributed by atoms with E-state index in [9.17, 15) is 18.4 Å². The Morgan fingerprint density at radius 2 is 2.03 bits per heavy atom. The van der Waals surface area contributed by atoms with E-state index in [0.717, 1.165) is 12.8 Å². The zero-order valence-corrected chi connectivity index (χ0v) is 18.1. The van der Waals surface area contributed by atoms with Crippen LogP contribution in [0.3, 0.4) is 0 Å². The van der Waals surface area contributed by atoms with Crippen LogP contribution in [0, 0.1) is 5.92 Å². The van der Waals surface area contributed by atoms with Crippen LogP contribution in [-0.4, -0.2) is 60.0 Å². The predicted molar refractivity (Wildman–Crippen MR) is 110 cm³/mol. The van der Waals surface area contributed by atoms with Crippen molar-refractivity contribution in [2.24, 2.45) is 5.92 Å². The first-order valence-corrected chi connectivity index (χ1v) is 10.5. The molecule has 6 nitrogen and oxygen atoms in total. The second kappa shape index (κ2) is 10.1. The fourth-order valence-electron chi connectivity index (χ4n) is 3.16. The Labute approximate surface area is 174 Å². The number of ether oxygens (including phenoxy) is 1. The van der Waals surface area contributed by atoms with Crippen LogP contribution in [-0.2, 0) is 4.74 Å². The Kier molecular flexibility index (Phi) is 8.13. The third kappa shape index (κ3) is 7.72. The number of carbonyl (C=O) groups is 2. The van der Waals surface area contributed by atoms with Gasteiger partial charge in [0.05, 0.1) is 5.69 Å². The first kappa shape index (κ1) is 23.3. The zero-order chi connectivity index (χ0) is 21.6. The summed E-state index contributed by atoms with van der Waals surface area (Å²) in [5.41, 5.74) is -0.191. The van der Waals surface area contributed by atoms with Gasteiger partial charge in [0.2, 0.25) is 0 Å². The smallest absolute Gasteiger partial charge is 0.410 e. The average Bonchev–Trinajstić information content (AvgIpc) is 2.61. The summed E-state index contributed by atoms with van der Waals surface area (Å²) in [6.45, 7) is 7.00. The van der Waals surface area contributed by atoms with Gasteiger partial charge in [0, 0.05) is 31.6 Å². The normalized spacial score (nSPS) is 17.2. The Hall–Kier alpha value is -2.03. The summed E-state index contributed by atoms with van der Waals surface area (Å²) in [7, 11) is 1.69. The van der Waals surface area contributed by atoms with Gasteiger partial charge in [-0.3, -0.25) is 0 Å². The number of nitrogens with zero attached hydrogens (tertiary/aromatic N) is 2. The fraction of sp³-hybridized carbons (Fsp3) is 0.600. The number of rotatable bonds is 5. The number of carbonyl (C=O) groups excluding carboxylic acids is 2. The molecule has 1 heterocycles. The lowest BCUT2D eigenvalue weighted by Crippen LogP contribution is -2.46. The number of benzene rings is 1. The van der Waals surface area contributed by atoms with Crippen molar-refractivity contribution >= 4 is 29.6 Å². The molecule has 0 aliphatic carbocycles. The maximum Gasteiger partial charge on any atom is 0.410 e. The van der Waals surface area contributed by atoms with Crippen LogP contribution in [0.25, 0.3) is 0 Å². The van der Waals surface area contributed by atoms with E-state index in [-0.39, 0.29) is 11.9 Å². The lowest BCUT2D eigenvalue weighted by molar-refractivity contribution is 0.0253. The molecule has 0 bridgehead atoms. The topological polar surface area (TPSA) is 61.9 Å². The summed E-state index contributed by atoms with van der Waals surface area (Å²) in [5.74, 6) is -2.44. The maximum atomic E-state index is 12.7. The van der Waals surface area contributed by atoms with Crippen molar-refractivity contribution in [1.82, 2.24) is 9.80 Å². The number of hydrogen-bond donors (Lipinski definition) is 1. The number of urea groups is 1. The van der Waals surface area contributed by atoms with Crippen molar-refractivity contribution in [3.8, 4) is 0 Å². The summed E-state index contributed by atoms with van der Waals surface area (Å²) >= 11 is 0.406. The number of alkyl halides is 2. The molecule has 29 heavy (non-hydrogen) atoms. The second-order valence-electron chi connectivity index (χ2n) is 8.12. The van der Waals surface area contributed by atoms with E-state index in [0.29, 0.717) is 42.0 Å². The number of likely N-dealkylation sites (tertiary alicyclic amines) is 1. The minimum absolute atomic E-state index is 0.123. The number of piperidine rings is 1. The van der Waals surface area contributed by atoms with Crippen LogP contribution in [0.5, 0.6) is 0 Å². The molecule has 1 aromatic rings. The zero-order valence-electron chi connectivity index (χ0n) is 17.3. The van der Waals surface area contributed by atoms with Gasteiger partial charge in [-0.25, -0.2) is 9.59 Å². The van der Waals surface area contributed by atoms with Gasteiger partial charge in [0.15, 0.2) is 0 Å². The largest absolute Gasteiger partial charge is 0.444 e. The molecule has 1 aliphatic heterocycles. The highest BCUT2D eigenvalue weighted by molar-refractivity contribution is 7.99. The molecule has 1 aliphatic rings. The van der Waals surface area contributed by atoms with Gasteiger partial charge in [-0.05, 0) is 51.7 Å². The molecule has 1 saturated heterocycles. The quantitative estimate of drug-likeness (QED) is 0.661. The number of thioether (sulfide) groups is 1. The van der Waals surface area contributed by atoms with Gasteiger partial charge in [0.25, 0.3) is 5.76 Å². The molecular formula is C20H29F2N3O3S. The minimum Gasteiger partial charge on any atom is -0.444 e. The van der Waals surface area contributed by atoms with Crippen LogP contribution >= 0.6 is 11.8 Å². The summed E-state index contributed by atoms with van der Waals surface area (Å²) in [6, 6.07) is 6.20. The molecule has 0 radical (unpaired) electrons. The molecule has 0 aromatic heterocycles. The molecular weight excluding hydrogens is 400 g/mol. The van der Waals surface area contributed by atoms with Gasteiger partial charge in [0.1, 0.15) is 5.60 Å². The van der Waals surface area contributed by atoms with Crippen molar-refractivity contribution in [2.45, 2.75) is 49.9 Å². The van der Waals surface area contributed by atoms with Crippen molar-refractivity contribution < 1.29 is 23.1 Å². The summed E-state index contributed by atoms with van der Waals surface area (Å²) < 4.78 is 30.8. The molecule has 0 spiro atoms. The van der Waals surface area contributed by atoms with E-state index < -0.39 is 17.5 Å². The first-order chi connectivity index (χ1) is 13.5. The van der Waals surface area contributed by atoms with Gasteiger partial charge < -0.3 is 19.9 Å². The first-order valence-electron chi connectivity index (χ1n) is 9.59. The molecule has 9 heteroatoms. The molecule has 1 aromatic carbocycles. The SMILES string of the molecule is CN(CC1CCCN(C(=O)Nc2ccccc2SC(F)F)C1)C(=O)OC(C)(C)C. The average molecular weight is 430 g/mol.